The molecular formula is C10H18ClNOS. The molecule has 0 unspecified atom stereocenters. The zero-order valence-electron chi connectivity index (χ0n) is 8.64. The highest BCUT2D eigenvalue weighted by Crippen LogP contribution is 2.48. The molecule has 0 aromatic heterocycles. The SMILES string of the molecule is CSCCC(=O)NCC1(CCCl)CC1. The van der Waals surface area contributed by atoms with Crippen LogP contribution in [-0.2, 0) is 4.79 Å². The van der Waals surface area contributed by atoms with Crippen molar-refractivity contribution >= 4 is 29.3 Å². The van der Waals surface area contributed by atoms with Gasteiger partial charge in [0.25, 0.3) is 0 Å². The van der Waals surface area contributed by atoms with Gasteiger partial charge >= 0.3 is 0 Å². The van der Waals surface area contributed by atoms with Crippen molar-refractivity contribution in [3.63, 3.8) is 0 Å². The maximum atomic E-state index is 11.3. The van der Waals surface area contributed by atoms with Crippen LogP contribution in [0.4, 0.5) is 0 Å². The van der Waals surface area contributed by atoms with Gasteiger partial charge in [0.1, 0.15) is 0 Å². The van der Waals surface area contributed by atoms with Crippen LogP contribution >= 0.6 is 23.4 Å². The smallest absolute Gasteiger partial charge is 0.220 e. The molecule has 1 fully saturated rings. The van der Waals surface area contributed by atoms with Gasteiger partial charge in [-0.3, -0.25) is 4.79 Å². The maximum absolute atomic E-state index is 11.3. The average Bonchev–Trinajstić information content (AvgIpc) is 2.93. The van der Waals surface area contributed by atoms with Crippen LogP contribution in [-0.4, -0.2) is 30.3 Å². The van der Waals surface area contributed by atoms with Crippen molar-refractivity contribution < 1.29 is 4.79 Å². The van der Waals surface area contributed by atoms with Gasteiger partial charge in [0.2, 0.25) is 5.91 Å². The lowest BCUT2D eigenvalue weighted by molar-refractivity contribution is -0.120. The van der Waals surface area contributed by atoms with Crippen LogP contribution in [0, 0.1) is 5.41 Å². The Hall–Kier alpha value is 0.110. The fourth-order valence-electron chi connectivity index (χ4n) is 1.46. The normalized spacial score (nSPS) is 17.9. The lowest BCUT2D eigenvalue weighted by Crippen LogP contribution is -2.30. The Bertz CT molecular complexity index is 195. The van der Waals surface area contributed by atoms with Crippen molar-refractivity contribution in [2.24, 2.45) is 5.41 Å². The summed E-state index contributed by atoms with van der Waals surface area (Å²) in [5.41, 5.74) is 0.358. The van der Waals surface area contributed by atoms with Crippen LogP contribution < -0.4 is 5.32 Å². The third-order valence-corrected chi connectivity index (χ3v) is 3.58. The van der Waals surface area contributed by atoms with Crippen molar-refractivity contribution in [1.29, 1.82) is 0 Å². The zero-order valence-corrected chi connectivity index (χ0v) is 10.2. The van der Waals surface area contributed by atoms with E-state index in [0.717, 1.165) is 18.7 Å². The average molecular weight is 236 g/mol. The zero-order chi connectivity index (χ0) is 10.4. The minimum atomic E-state index is 0.181. The topological polar surface area (TPSA) is 29.1 Å². The van der Waals surface area contributed by atoms with E-state index < -0.39 is 0 Å². The van der Waals surface area contributed by atoms with E-state index in [9.17, 15) is 4.79 Å². The third kappa shape index (κ3) is 4.09. The highest BCUT2D eigenvalue weighted by atomic mass is 35.5. The summed E-state index contributed by atoms with van der Waals surface area (Å²) in [7, 11) is 0. The Labute approximate surface area is 95.2 Å². The van der Waals surface area contributed by atoms with Gasteiger partial charge < -0.3 is 5.32 Å². The number of carbonyl (C=O) groups is 1. The fraction of sp³-hybridized carbons (Fsp3) is 0.900. The molecule has 0 bridgehead atoms. The van der Waals surface area contributed by atoms with Crippen LogP contribution in [0.1, 0.15) is 25.7 Å². The highest BCUT2D eigenvalue weighted by Gasteiger charge is 2.41. The summed E-state index contributed by atoms with van der Waals surface area (Å²) in [4.78, 5) is 11.3. The predicted molar refractivity (Wildman–Crippen MR) is 63.0 cm³/mol. The molecule has 0 aromatic carbocycles. The fourth-order valence-corrected chi connectivity index (χ4v) is 2.25. The first-order valence-electron chi connectivity index (χ1n) is 5.04. The quantitative estimate of drug-likeness (QED) is 0.686. The Morgan fingerprint density at radius 2 is 2.29 bits per heavy atom. The van der Waals surface area contributed by atoms with E-state index in [-0.39, 0.29) is 5.91 Å². The van der Waals surface area contributed by atoms with Gasteiger partial charge in [-0.15, -0.1) is 11.6 Å². The largest absolute Gasteiger partial charge is 0.356 e. The molecule has 4 heteroatoms. The summed E-state index contributed by atoms with van der Waals surface area (Å²) in [5.74, 6) is 1.80. The Morgan fingerprint density at radius 3 is 2.79 bits per heavy atom. The minimum absolute atomic E-state index is 0.181. The van der Waals surface area contributed by atoms with E-state index in [0.29, 0.717) is 17.7 Å². The summed E-state index contributed by atoms with van der Waals surface area (Å²) in [6, 6.07) is 0. The molecule has 0 aliphatic heterocycles. The lowest BCUT2D eigenvalue weighted by atomic mass is 10.0. The van der Waals surface area contributed by atoms with E-state index in [1.807, 2.05) is 6.26 Å². The van der Waals surface area contributed by atoms with Crippen molar-refractivity contribution in [1.82, 2.24) is 5.32 Å². The van der Waals surface area contributed by atoms with Gasteiger partial charge in [-0.2, -0.15) is 11.8 Å². The molecule has 2 nitrogen and oxygen atoms in total. The van der Waals surface area contributed by atoms with Crippen LogP contribution in [0.3, 0.4) is 0 Å². The van der Waals surface area contributed by atoms with Crippen LogP contribution in [0.15, 0.2) is 0 Å². The van der Waals surface area contributed by atoms with Crippen molar-refractivity contribution in [3.8, 4) is 0 Å². The van der Waals surface area contributed by atoms with Crippen LogP contribution in [0.25, 0.3) is 0 Å². The molecule has 1 amide bonds. The van der Waals surface area contributed by atoms with Gasteiger partial charge in [-0.25, -0.2) is 0 Å². The van der Waals surface area contributed by atoms with E-state index in [1.165, 1.54) is 12.8 Å². The van der Waals surface area contributed by atoms with Gasteiger partial charge in [-0.1, -0.05) is 0 Å². The summed E-state index contributed by atoms with van der Waals surface area (Å²) in [5, 5.41) is 2.99. The molecule has 0 atom stereocenters. The Morgan fingerprint density at radius 1 is 1.57 bits per heavy atom. The number of nitrogens with one attached hydrogen (secondary N) is 1. The molecule has 0 saturated heterocycles. The van der Waals surface area contributed by atoms with Gasteiger partial charge in [0.05, 0.1) is 0 Å². The Kier molecular flexibility index (Phi) is 5.10. The number of hydrogen-bond donors (Lipinski definition) is 1. The first-order chi connectivity index (χ1) is 6.72. The summed E-state index contributed by atoms with van der Waals surface area (Å²) in [6.45, 7) is 0.826. The molecule has 0 radical (unpaired) electrons. The molecule has 1 N–H and O–H groups in total. The molecule has 1 rings (SSSR count). The molecule has 1 saturated carbocycles. The number of alkyl halides is 1. The molecule has 1 aliphatic carbocycles. The molecule has 1 aliphatic rings. The van der Waals surface area contributed by atoms with Crippen molar-refractivity contribution in [2.75, 3.05) is 24.4 Å². The summed E-state index contributed by atoms with van der Waals surface area (Å²) >= 11 is 7.42. The second-order valence-electron chi connectivity index (χ2n) is 3.96. The highest BCUT2D eigenvalue weighted by molar-refractivity contribution is 7.98. The van der Waals surface area contributed by atoms with Crippen LogP contribution in [0.5, 0.6) is 0 Å². The number of halogens is 1. The predicted octanol–water partition coefficient (Wildman–Crippen LogP) is 2.26. The molecule has 0 spiro atoms. The number of rotatable bonds is 7. The number of carbonyl (C=O) groups excluding carboxylic acids is 1. The van der Waals surface area contributed by atoms with E-state index in [4.69, 9.17) is 11.6 Å². The van der Waals surface area contributed by atoms with Crippen LogP contribution in [0.2, 0.25) is 0 Å². The minimum Gasteiger partial charge on any atom is -0.356 e. The lowest BCUT2D eigenvalue weighted by Gasteiger charge is -2.14. The van der Waals surface area contributed by atoms with Crippen molar-refractivity contribution in [2.45, 2.75) is 25.7 Å². The third-order valence-electron chi connectivity index (χ3n) is 2.78. The maximum Gasteiger partial charge on any atom is 0.220 e. The molecule has 14 heavy (non-hydrogen) atoms. The van der Waals surface area contributed by atoms with Crippen molar-refractivity contribution in [3.05, 3.63) is 0 Å². The first-order valence-corrected chi connectivity index (χ1v) is 6.97. The number of hydrogen-bond acceptors (Lipinski definition) is 2. The summed E-state index contributed by atoms with van der Waals surface area (Å²) in [6.07, 6.45) is 6.14. The molecule has 0 aromatic rings. The number of thioether (sulfide) groups is 1. The second-order valence-corrected chi connectivity index (χ2v) is 5.32. The van der Waals surface area contributed by atoms with E-state index in [2.05, 4.69) is 5.32 Å². The molecule has 0 heterocycles. The van der Waals surface area contributed by atoms with Gasteiger partial charge in [0.15, 0.2) is 0 Å². The second kappa shape index (κ2) is 5.86. The summed E-state index contributed by atoms with van der Waals surface area (Å²) < 4.78 is 0. The Balaban J connectivity index is 2.10. The molecular weight excluding hydrogens is 218 g/mol. The van der Waals surface area contributed by atoms with Gasteiger partial charge in [-0.05, 0) is 30.9 Å². The van der Waals surface area contributed by atoms with E-state index >= 15 is 0 Å². The first kappa shape index (κ1) is 12.2. The number of amides is 1. The standard InChI is InChI=1S/C10H18ClNOS/c1-14-7-2-9(13)12-8-10(3-4-10)5-6-11/h2-8H2,1H3,(H,12,13). The van der Waals surface area contributed by atoms with Gasteiger partial charge in [0, 0.05) is 24.6 Å². The monoisotopic (exact) mass is 235 g/mol. The molecule has 82 valence electrons. The van der Waals surface area contributed by atoms with E-state index in [1.54, 1.807) is 11.8 Å².